The predicted molar refractivity (Wildman–Crippen MR) is 32.8 cm³/mol. The zero-order chi connectivity index (χ0) is 7.84. The molecule has 0 saturated heterocycles. The van der Waals surface area contributed by atoms with Gasteiger partial charge in [0.25, 0.3) is 5.78 Å². The van der Waals surface area contributed by atoms with Gasteiger partial charge in [0.2, 0.25) is 0 Å². The van der Waals surface area contributed by atoms with E-state index >= 15 is 0 Å². The lowest BCUT2D eigenvalue weighted by Crippen LogP contribution is -2.04. The van der Waals surface area contributed by atoms with Crippen LogP contribution >= 0.6 is 0 Å². The second kappa shape index (κ2) is 1.88. The molecule has 2 aromatic heterocycles. The Balaban J connectivity index is 2.86. The zero-order valence-electron chi connectivity index (χ0n) is 5.72. The number of rotatable bonds is 0. The summed E-state index contributed by atoms with van der Waals surface area (Å²) in [5, 5.41) is 21.8. The smallest absolute Gasteiger partial charge is 0.271 e. The molecule has 6 nitrogen and oxygen atoms in total. The molecule has 2 heterocycles. The summed E-state index contributed by atoms with van der Waals surface area (Å²) < 4.78 is 1.36. The summed E-state index contributed by atoms with van der Waals surface area (Å²) in [5.41, 5.74) is 0.345. The third-order valence-electron chi connectivity index (χ3n) is 1.28. The van der Waals surface area contributed by atoms with E-state index in [4.69, 9.17) is 0 Å². The second-order valence-electron chi connectivity index (χ2n) is 2.08. The lowest BCUT2D eigenvalue weighted by atomic mass is 10.5. The Labute approximate surface area is 61.5 Å². The maximum absolute atomic E-state index is 10.9. The van der Waals surface area contributed by atoms with Gasteiger partial charge in [0.1, 0.15) is 6.33 Å². The van der Waals surface area contributed by atoms with Gasteiger partial charge in [0.15, 0.2) is 0 Å². The van der Waals surface area contributed by atoms with Crippen molar-refractivity contribution in [3.8, 4) is 5.88 Å². The molecule has 0 radical (unpaired) electrons. The minimum Gasteiger partial charge on any atom is -0.857 e. The topological polar surface area (TPSA) is 79.0 Å². The van der Waals surface area contributed by atoms with E-state index in [-0.39, 0.29) is 11.7 Å². The highest BCUT2D eigenvalue weighted by molar-refractivity contribution is 5.27. The van der Waals surface area contributed by atoms with Crippen LogP contribution in [0.2, 0.25) is 0 Å². The average molecular weight is 150 g/mol. The molecule has 0 bridgehead atoms. The van der Waals surface area contributed by atoms with Crippen molar-refractivity contribution in [1.29, 1.82) is 0 Å². The SMILES string of the molecule is Cc1nn2cnnc2nc1[O-]. The number of hydrogen-bond donors (Lipinski definition) is 0. The molecule has 2 rings (SSSR count). The van der Waals surface area contributed by atoms with Gasteiger partial charge in [-0.25, -0.2) is 4.98 Å². The lowest BCUT2D eigenvalue weighted by Gasteiger charge is -2.05. The Morgan fingerprint density at radius 1 is 1.55 bits per heavy atom. The summed E-state index contributed by atoms with van der Waals surface area (Å²) >= 11 is 0. The molecule has 6 heteroatoms. The first-order chi connectivity index (χ1) is 5.27. The Kier molecular flexibility index (Phi) is 1.03. The fourth-order valence-electron chi connectivity index (χ4n) is 0.744. The fraction of sp³-hybridized carbons (Fsp3) is 0.200. The van der Waals surface area contributed by atoms with Gasteiger partial charge in [-0.15, -0.1) is 10.2 Å². The van der Waals surface area contributed by atoms with Crippen molar-refractivity contribution in [1.82, 2.24) is 24.8 Å². The third-order valence-corrected chi connectivity index (χ3v) is 1.28. The third kappa shape index (κ3) is 0.794. The summed E-state index contributed by atoms with van der Waals surface area (Å²) in [7, 11) is 0. The van der Waals surface area contributed by atoms with E-state index in [1.807, 2.05) is 0 Å². The highest BCUT2D eigenvalue weighted by Gasteiger charge is 1.97. The van der Waals surface area contributed by atoms with Gasteiger partial charge in [0, 0.05) is 5.88 Å². The van der Waals surface area contributed by atoms with E-state index in [0.29, 0.717) is 5.69 Å². The molecule has 0 amide bonds. The van der Waals surface area contributed by atoms with Crippen LogP contribution in [0.25, 0.3) is 5.78 Å². The molecule has 11 heavy (non-hydrogen) atoms. The molecule has 0 fully saturated rings. The van der Waals surface area contributed by atoms with Crippen molar-refractivity contribution in [2.75, 3.05) is 0 Å². The number of hydrogen-bond acceptors (Lipinski definition) is 5. The maximum atomic E-state index is 10.9. The van der Waals surface area contributed by atoms with Crippen LogP contribution in [0.4, 0.5) is 0 Å². The van der Waals surface area contributed by atoms with Crippen molar-refractivity contribution < 1.29 is 5.11 Å². The van der Waals surface area contributed by atoms with Crippen LogP contribution in [0.15, 0.2) is 6.33 Å². The van der Waals surface area contributed by atoms with E-state index in [0.717, 1.165) is 0 Å². The molecule has 0 unspecified atom stereocenters. The summed E-state index contributed by atoms with van der Waals surface area (Å²) in [5.74, 6) is -0.119. The van der Waals surface area contributed by atoms with Gasteiger partial charge in [-0.1, -0.05) is 0 Å². The van der Waals surface area contributed by atoms with Crippen LogP contribution in [0, 0.1) is 6.92 Å². The molecular formula is C5H4N5O-. The van der Waals surface area contributed by atoms with Crippen LogP contribution in [-0.4, -0.2) is 24.8 Å². The highest BCUT2D eigenvalue weighted by atomic mass is 16.3. The summed E-state index contributed by atoms with van der Waals surface area (Å²) in [6.07, 6.45) is 1.40. The number of aryl methyl sites for hydroxylation is 1. The van der Waals surface area contributed by atoms with Gasteiger partial charge in [-0.05, 0) is 6.92 Å². The van der Waals surface area contributed by atoms with Gasteiger partial charge in [-0.3, -0.25) is 0 Å². The standard InChI is InChI=1S/C5H5N5O/c1-3-4(11)7-5-8-6-2-10(5)9-3/h2H,1H3,(H,7,8,11)/p-1. The molecule has 0 N–H and O–H groups in total. The molecule has 0 aliphatic carbocycles. The predicted octanol–water partition coefficient (Wildman–Crippen LogP) is -1.10. The molecule has 0 aliphatic heterocycles. The summed E-state index contributed by atoms with van der Waals surface area (Å²) in [6, 6.07) is 0. The maximum Gasteiger partial charge on any atom is 0.271 e. The number of fused-ring (bicyclic) bond motifs is 1. The van der Waals surface area contributed by atoms with Crippen molar-refractivity contribution in [2.45, 2.75) is 6.92 Å². The molecule has 56 valence electrons. The summed E-state index contributed by atoms with van der Waals surface area (Å²) in [4.78, 5) is 3.61. The Morgan fingerprint density at radius 2 is 2.36 bits per heavy atom. The van der Waals surface area contributed by atoms with Gasteiger partial charge in [-0.2, -0.15) is 9.61 Å². The van der Waals surface area contributed by atoms with Gasteiger partial charge in [0.05, 0.1) is 5.69 Å². The van der Waals surface area contributed by atoms with E-state index in [1.54, 1.807) is 6.92 Å². The Hall–Kier alpha value is -1.72. The molecule has 0 saturated carbocycles. The molecule has 0 spiro atoms. The Bertz CT molecular complexity index is 359. The van der Waals surface area contributed by atoms with Crippen LogP contribution < -0.4 is 5.11 Å². The number of nitrogens with zero attached hydrogens (tertiary/aromatic N) is 5. The zero-order valence-corrected chi connectivity index (χ0v) is 5.72. The van der Waals surface area contributed by atoms with Crippen molar-refractivity contribution in [2.24, 2.45) is 0 Å². The summed E-state index contributed by atoms with van der Waals surface area (Å²) in [6.45, 7) is 1.59. The van der Waals surface area contributed by atoms with E-state index in [9.17, 15) is 5.11 Å². The first kappa shape index (κ1) is 6.02. The van der Waals surface area contributed by atoms with E-state index < -0.39 is 0 Å². The first-order valence-electron chi connectivity index (χ1n) is 2.99. The fourth-order valence-corrected chi connectivity index (χ4v) is 0.744. The van der Waals surface area contributed by atoms with E-state index in [1.165, 1.54) is 10.8 Å². The monoisotopic (exact) mass is 150 g/mol. The molecule has 2 aromatic rings. The van der Waals surface area contributed by atoms with Crippen molar-refractivity contribution in [3.05, 3.63) is 12.0 Å². The quantitative estimate of drug-likeness (QED) is 0.476. The van der Waals surface area contributed by atoms with Crippen molar-refractivity contribution in [3.63, 3.8) is 0 Å². The second-order valence-corrected chi connectivity index (χ2v) is 2.08. The minimum atomic E-state index is -0.356. The van der Waals surface area contributed by atoms with Gasteiger partial charge < -0.3 is 5.11 Å². The minimum absolute atomic E-state index is 0.237. The molecule has 0 aromatic carbocycles. The average Bonchev–Trinajstić information content (AvgIpc) is 2.36. The van der Waals surface area contributed by atoms with Crippen LogP contribution in [-0.2, 0) is 0 Å². The molecular weight excluding hydrogens is 146 g/mol. The largest absolute Gasteiger partial charge is 0.857 e. The van der Waals surface area contributed by atoms with E-state index in [2.05, 4.69) is 20.3 Å². The van der Waals surface area contributed by atoms with Crippen LogP contribution in [0.1, 0.15) is 5.69 Å². The lowest BCUT2D eigenvalue weighted by molar-refractivity contribution is -0.276. The highest BCUT2D eigenvalue weighted by Crippen LogP contribution is 2.04. The number of aromatic nitrogens is 5. The normalized spacial score (nSPS) is 10.6. The molecule has 0 aliphatic rings. The van der Waals surface area contributed by atoms with Crippen molar-refractivity contribution >= 4 is 5.78 Å². The first-order valence-corrected chi connectivity index (χ1v) is 2.99. The van der Waals surface area contributed by atoms with Crippen LogP contribution in [0.5, 0.6) is 5.88 Å². The molecule has 0 atom stereocenters. The van der Waals surface area contributed by atoms with Gasteiger partial charge >= 0.3 is 0 Å². The van der Waals surface area contributed by atoms with Crippen LogP contribution in [0.3, 0.4) is 0 Å². The Morgan fingerprint density at radius 3 is 3.18 bits per heavy atom.